The second-order valence-corrected chi connectivity index (χ2v) is 3.29. The van der Waals surface area contributed by atoms with Gasteiger partial charge in [0.1, 0.15) is 0 Å². The summed E-state index contributed by atoms with van der Waals surface area (Å²) in [4.78, 5) is 0. The van der Waals surface area contributed by atoms with Crippen LogP contribution in [0.2, 0.25) is 0 Å². The zero-order valence-electron chi connectivity index (χ0n) is 5.04. The number of hydrogen-bond acceptors (Lipinski definition) is 0. The van der Waals surface area contributed by atoms with Gasteiger partial charge >= 0.3 is 0 Å². The molecule has 0 nitrogen and oxygen atoms in total. The van der Waals surface area contributed by atoms with Gasteiger partial charge in [0.15, 0.2) is 0 Å². The van der Waals surface area contributed by atoms with Gasteiger partial charge < -0.3 is 0 Å². The normalized spacial score (nSPS) is 21.7. The lowest BCUT2D eigenvalue weighted by atomic mass is 9.81. The lowest BCUT2D eigenvalue weighted by molar-refractivity contribution is -0.0628. The fourth-order valence-electron chi connectivity index (χ4n) is 0.940. The number of rotatable bonds is 2. The summed E-state index contributed by atoms with van der Waals surface area (Å²) in [7, 11) is 0. The van der Waals surface area contributed by atoms with Crippen molar-refractivity contribution in [1.82, 2.24) is 0 Å². The van der Waals surface area contributed by atoms with E-state index in [-0.39, 0.29) is 10.3 Å². The maximum absolute atomic E-state index is 12.6. The fraction of sp³-hybridized carbons (Fsp3) is 1.00. The third kappa shape index (κ3) is 1.53. The molecule has 1 fully saturated rings. The highest BCUT2D eigenvalue weighted by molar-refractivity contribution is 14.1. The molecule has 1 aliphatic carbocycles. The monoisotopic (exact) mass is 246 g/mol. The maximum Gasteiger partial charge on any atom is 0.259 e. The molecule has 0 N–H and O–H groups in total. The summed E-state index contributed by atoms with van der Waals surface area (Å²) in [5.41, 5.74) is 0. The SMILES string of the molecule is FC(F)(CI)C1CCC1. The summed E-state index contributed by atoms with van der Waals surface area (Å²) in [6.07, 6.45) is 2.46. The van der Waals surface area contributed by atoms with Gasteiger partial charge in [-0.15, -0.1) is 0 Å². The molecule has 54 valence electrons. The largest absolute Gasteiger partial charge is 0.259 e. The molecule has 0 aromatic carbocycles. The molecular formula is C6H9F2I. The van der Waals surface area contributed by atoms with Crippen molar-refractivity contribution in [3.8, 4) is 0 Å². The summed E-state index contributed by atoms with van der Waals surface area (Å²) in [5.74, 6) is -2.67. The zero-order chi connectivity index (χ0) is 6.91. The topological polar surface area (TPSA) is 0 Å². The van der Waals surface area contributed by atoms with Crippen LogP contribution in [0.5, 0.6) is 0 Å². The number of alkyl halides is 3. The Morgan fingerprint density at radius 3 is 2.11 bits per heavy atom. The standard InChI is InChI=1S/C6H9F2I/c7-6(8,4-9)5-2-1-3-5/h5H,1-4H2. The van der Waals surface area contributed by atoms with E-state index in [0.29, 0.717) is 0 Å². The summed E-state index contributed by atoms with van der Waals surface area (Å²) >= 11 is 1.75. The van der Waals surface area contributed by atoms with E-state index in [4.69, 9.17) is 0 Å². The molecule has 1 aliphatic rings. The highest BCUT2D eigenvalue weighted by Gasteiger charge is 2.41. The third-order valence-corrected chi connectivity index (χ3v) is 2.90. The van der Waals surface area contributed by atoms with Crippen LogP contribution in [0.4, 0.5) is 8.78 Å². The minimum absolute atomic E-state index is 0.0184. The van der Waals surface area contributed by atoms with E-state index < -0.39 is 5.92 Å². The van der Waals surface area contributed by atoms with E-state index in [1.54, 1.807) is 22.6 Å². The van der Waals surface area contributed by atoms with Crippen molar-refractivity contribution in [2.24, 2.45) is 5.92 Å². The first-order chi connectivity index (χ1) is 4.17. The zero-order valence-corrected chi connectivity index (χ0v) is 7.20. The van der Waals surface area contributed by atoms with Gasteiger partial charge in [-0.2, -0.15) is 0 Å². The highest BCUT2D eigenvalue weighted by atomic mass is 127. The molecule has 0 aliphatic heterocycles. The van der Waals surface area contributed by atoms with Crippen molar-refractivity contribution in [1.29, 1.82) is 0 Å². The van der Waals surface area contributed by atoms with Crippen LogP contribution in [-0.4, -0.2) is 10.4 Å². The molecule has 0 radical (unpaired) electrons. The summed E-state index contributed by atoms with van der Waals surface area (Å²) < 4.78 is 25.2. The molecule has 0 atom stereocenters. The summed E-state index contributed by atoms with van der Waals surface area (Å²) in [6, 6.07) is 0. The fourth-order valence-corrected chi connectivity index (χ4v) is 1.56. The van der Waals surface area contributed by atoms with Gasteiger partial charge in [-0.25, -0.2) is 8.78 Å². The molecule has 0 aromatic rings. The Balaban J connectivity index is 2.37. The van der Waals surface area contributed by atoms with Crippen LogP contribution in [0, 0.1) is 5.92 Å². The van der Waals surface area contributed by atoms with Crippen molar-refractivity contribution in [3.63, 3.8) is 0 Å². The van der Waals surface area contributed by atoms with Crippen LogP contribution in [0.15, 0.2) is 0 Å². The van der Waals surface area contributed by atoms with Gasteiger partial charge in [0.25, 0.3) is 5.92 Å². The van der Waals surface area contributed by atoms with Crippen LogP contribution in [0.3, 0.4) is 0 Å². The minimum atomic E-state index is -2.38. The first-order valence-electron chi connectivity index (χ1n) is 3.10. The van der Waals surface area contributed by atoms with Crippen LogP contribution in [-0.2, 0) is 0 Å². The van der Waals surface area contributed by atoms with Gasteiger partial charge in [0, 0.05) is 5.92 Å². The molecule has 0 spiro atoms. The first kappa shape index (κ1) is 7.69. The Hall–Kier alpha value is 0.590. The van der Waals surface area contributed by atoms with Gasteiger partial charge in [0.05, 0.1) is 4.43 Å². The van der Waals surface area contributed by atoms with Crippen LogP contribution < -0.4 is 0 Å². The lowest BCUT2D eigenvalue weighted by Crippen LogP contribution is -2.34. The smallest absolute Gasteiger partial charge is 0.206 e. The second kappa shape index (κ2) is 2.68. The summed E-state index contributed by atoms with van der Waals surface area (Å²) in [6.45, 7) is 0. The first-order valence-corrected chi connectivity index (χ1v) is 4.63. The molecule has 0 amide bonds. The van der Waals surface area contributed by atoms with Crippen molar-refractivity contribution < 1.29 is 8.78 Å². The Morgan fingerprint density at radius 1 is 1.44 bits per heavy atom. The van der Waals surface area contributed by atoms with Gasteiger partial charge in [0.2, 0.25) is 0 Å². The minimum Gasteiger partial charge on any atom is -0.206 e. The van der Waals surface area contributed by atoms with E-state index in [2.05, 4.69) is 0 Å². The average molecular weight is 246 g/mol. The molecule has 0 aromatic heterocycles. The van der Waals surface area contributed by atoms with Crippen molar-refractivity contribution >= 4 is 22.6 Å². The number of hydrogen-bond donors (Lipinski definition) is 0. The Labute approximate surface area is 67.2 Å². The number of halogens is 3. The van der Waals surface area contributed by atoms with Crippen LogP contribution >= 0.6 is 22.6 Å². The molecule has 3 heteroatoms. The summed E-state index contributed by atoms with van der Waals surface area (Å²) in [5, 5.41) is 0. The molecule has 0 bridgehead atoms. The van der Waals surface area contributed by atoms with Crippen molar-refractivity contribution in [3.05, 3.63) is 0 Å². The molecule has 9 heavy (non-hydrogen) atoms. The molecular weight excluding hydrogens is 237 g/mol. The van der Waals surface area contributed by atoms with E-state index in [1.807, 2.05) is 0 Å². The Kier molecular flexibility index (Phi) is 2.29. The predicted molar refractivity (Wildman–Crippen MR) is 41.2 cm³/mol. The highest BCUT2D eigenvalue weighted by Crippen LogP contribution is 2.40. The molecule has 0 heterocycles. The maximum atomic E-state index is 12.6. The van der Waals surface area contributed by atoms with Crippen molar-refractivity contribution in [2.75, 3.05) is 4.43 Å². The van der Waals surface area contributed by atoms with Gasteiger partial charge in [-0.3, -0.25) is 0 Å². The molecule has 1 rings (SSSR count). The quantitative estimate of drug-likeness (QED) is 0.519. The second-order valence-electron chi connectivity index (χ2n) is 2.52. The van der Waals surface area contributed by atoms with Crippen LogP contribution in [0.1, 0.15) is 19.3 Å². The van der Waals surface area contributed by atoms with E-state index in [1.165, 1.54) is 0 Å². The van der Waals surface area contributed by atoms with Gasteiger partial charge in [-0.1, -0.05) is 29.0 Å². The molecule has 0 unspecified atom stereocenters. The van der Waals surface area contributed by atoms with Crippen molar-refractivity contribution in [2.45, 2.75) is 25.2 Å². The molecule has 0 saturated heterocycles. The van der Waals surface area contributed by atoms with E-state index in [0.717, 1.165) is 19.3 Å². The Bertz CT molecular complexity index is 99.2. The Morgan fingerprint density at radius 2 is 2.00 bits per heavy atom. The van der Waals surface area contributed by atoms with Gasteiger partial charge in [-0.05, 0) is 12.8 Å². The lowest BCUT2D eigenvalue weighted by Gasteiger charge is -2.32. The van der Waals surface area contributed by atoms with E-state index >= 15 is 0 Å². The van der Waals surface area contributed by atoms with E-state index in [9.17, 15) is 8.78 Å². The third-order valence-electron chi connectivity index (χ3n) is 1.88. The molecule has 1 saturated carbocycles. The average Bonchev–Trinajstić information content (AvgIpc) is 1.60. The van der Waals surface area contributed by atoms with Crippen LogP contribution in [0.25, 0.3) is 0 Å². The predicted octanol–water partition coefficient (Wildman–Crippen LogP) is 2.86.